The summed E-state index contributed by atoms with van der Waals surface area (Å²) in [6.07, 6.45) is -8.01. The van der Waals surface area contributed by atoms with Gasteiger partial charge in [0.2, 0.25) is 17.5 Å². The largest absolute Gasteiger partial charge is 0.508 e. The van der Waals surface area contributed by atoms with Gasteiger partial charge < -0.3 is 54.4 Å². The topological polar surface area (TPSA) is 200 Å². The summed E-state index contributed by atoms with van der Waals surface area (Å²) in [5, 5.41) is 69.3. The molecule has 1 aliphatic heterocycles. The molecule has 5 unspecified atom stereocenters. The summed E-state index contributed by atoms with van der Waals surface area (Å²) >= 11 is 0. The zero-order valence-electron chi connectivity index (χ0n) is 17.7. The molecule has 0 bridgehead atoms. The molecule has 1 saturated heterocycles. The third-order valence-electron chi connectivity index (χ3n) is 5.42. The Hall–Kier alpha value is -3.55. The molecule has 0 radical (unpaired) electrons. The van der Waals surface area contributed by atoms with Crippen LogP contribution in [0, 0.1) is 0 Å². The maximum atomic E-state index is 13.3. The number of ether oxygens (including phenoxy) is 3. The van der Waals surface area contributed by atoms with E-state index in [2.05, 4.69) is 0 Å². The van der Waals surface area contributed by atoms with Crippen molar-refractivity contribution < 1.29 is 54.4 Å². The summed E-state index contributed by atoms with van der Waals surface area (Å²) in [6.45, 7) is -0.693. The van der Waals surface area contributed by atoms with E-state index in [0.29, 0.717) is 0 Å². The number of phenolic OH excluding ortho intramolecular Hbond substituents is 3. The molecule has 34 heavy (non-hydrogen) atoms. The van der Waals surface area contributed by atoms with E-state index in [1.807, 2.05) is 0 Å². The van der Waals surface area contributed by atoms with Crippen LogP contribution in [-0.4, -0.2) is 80.2 Å². The molecule has 1 aromatic heterocycles. The van der Waals surface area contributed by atoms with Crippen LogP contribution in [0.15, 0.2) is 39.5 Å². The van der Waals surface area contributed by atoms with Gasteiger partial charge in [0.05, 0.1) is 19.3 Å². The lowest BCUT2D eigenvalue weighted by Gasteiger charge is -2.39. The maximum Gasteiger partial charge on any atom is 0.239 e. The minimum atomic E-state index is -1.77. The molecule has 1 fully saturated rings. The monoisotopic (exact) mass is 478 g/mol. The van der Waals surface area contributed by atoms with Gasteiger partial charge in [0.15, 0.2) is 5.76 Å². The van der Waals surface area contributed by atoms with Crippen LogP contribution in [0.3, 0.4) is 0 Å². The molecule has 0 aliphatic carbocycles. The highest BCUT2D eigenvalue weighted by molar-refractivity contribution is 5.89. The molecule has 0 amide bonds. The van der Waals surface area contributed by atoms with Gasteiger partial charge in [-0.05, 0) is 12.1 Å². The highest BCUT2D eigenvalue weighted by Gasteiger charge is 2.45. The number of rotatable bonds is 5. The Labute approximate surface area is 191 Å². The second-order valence-corrected chi connectivity index (χ2v) is 7.63. The molecule has 182 valence electrons. The minimum absolute atomic E-state index is 0.0217. The first-order chi connectivity index (χ1) is 16.2. The molecule has 12 nitrogen and oxygen atoms in total. The van der Waals surface area contributed by atoms with Gasteiger partial charge in [-0.2, -0.15) is 0 Å². The van der Waals surface area contributed by atoms with Gasteiger partial charge in [0, 0.05) is 18.2 Å². The predicted octanol–water partition coefficient (Wildman–Crippen LogP) is -0.236. The molecule has 0 saturated carbocycles. The van der Waals surface area contributed by atoms with Crippen LogP contribution in [0.25, 0.3) is 22.3 Å². The van der Waals surface area contributed by atoms with Crippen LogP contribution >= 0.6 is 0 Å². The van der Waals surface area contributed by atoms with Crippen LogP contribution in [0.4, 0.5) is 0 Å². The Morgan fingerprint density at radius 1 is 0.971 bits per heavy atom. The number of phenols is 3. The Balaban J connectivity index is 1.86. The second kappa shape index (κ2) is 9.00. The highest BCUT2D eigenvalue weighted by Crippen LogP contribution is 2.40. The highest BCUT2D eigenvalue weighted by atomic mass is 16.7. The first-order valence-corrected chi connectivity index (χ1v) is 10.0. The van der Waals surface area contributed by atoms with Crippen molar-refractivity contribution in [1.29, 1.82) is 0 Å². The number of benzene rings is 2. The molecule has 2 heterocycles. The summed E-state index contributed by atoms with van der Waals surface area (Å²) < 4.78 is 21.8. The van der Waals surface area contributed by atoms with E-state index in [4.69, 9.17) is 18.6 Å². The Bertz CT molecular complexity index is 1270. The Morgan fingerprint density at radius 3 is 2.35 bits per heavy atom. The SMILES string of the molecule is COc1c(-c2ccc(O)cc2O)oc2cc(O)cc(OC3OC(CO)C(O)C(O)C3O)c2c1=O. The molecule has 1 aliphatic rings. The number of methoxy groups -OCH3 is 1. The van der Waals surface area contributed by atoms with Crippen molar-refractivity contribution in [3.8, 4) is 40.1 Å². The smallest absolute Gasteiger partial charge is 0.239 e. The molecule has 7 N–H and O–H groups in total. The summed E-state index contributed by atoms with van der Waals surface area (Å²) in [5.41, 5.74) is -0.938. The molecule has 3 aromatic rings. The fourth-order valence-electron chi connectivity index (χ4n) is 3.71. The van der Waals surface area contributed by atoms with Crippen molar-refractivity contribution in [3.63, 3.8) is 0 Å². The number of aliphatic hydroxyl groups excluding tert-OH is 4. The third kappa shape index (κ3) is 3.97. The lowest BCUT2D eigenvalue weighted by Crippen LogP contribution is -2.60. The van der Waals surface area contributed by atoms with Crippen molar-refractivity contribution in [3.05, 3.63) is 40.6 Å². The van der Waals surface area contributed by atoms with Crippen molar-refractivity contribution in [2.24, 2.45) is 0 Å². The zero-order chi connectivity index (χ0) is 24.7. The van der Waals surface area contributed by atoms with Gasteiger partial charge in [0.25, 0.3) is 0 Å². The lowest BCUT2D eigenvalue weighted by atomic mass is 9.99. The quantitative estimate of drug-likeness (QED) is 0.254. The Morgan fingerprint density at radius 2 is 1.71 bits per heavy atom. The Kier molecular flexibility index (Phi) is 6.25. The van der Waals surface area contributed by atoms with Gasteiger partial charge in [-0.3, -0.25) is 4.79 Å². The maximum absolute atomic E-state index is 13.3. The average molecular weight is 478 g/mol. The summed E-state index contributed by atoms with van der Waals surface area (Å²) in [6, 6.07) is 5.74. The summed E-state index contributed by atoms with van der Waals surface area (Å²) in [4.78, 5) is 13.3. The molecule has 4 rings (SSSR count). The average Bonchev–Trinajstić information content (AvgIpc) is 2.79. The first kappa shape index (κ1) is 23.6. The van der Waals surface area contributed by atoms with E-state index in [9.17, 15) is 40.5 Å². The molecular weight excluding hydrogens is 456 g/mol. The van der Waals surface area contributed by atoms with Crippen LogP contribution in [-0.2, 0) is 4.74 Å². The molecule has 12 heteroatoms. The normalized spacial score (nSPS) is 24.8. The number of aromatic hydroxyl groups is 3. The molecular formula is C22H22O12. The number of hydrogen-bond donors (Lipinski definition) is 7. The molecule has 0 spiro atoms. The molecule has 2 aromatic carbocycles. The first-order valence-electron chi connectivity index (χ1n) is 10.0. The van der Waals surface area contributed by atoms with Crippen LogP contribution < -0.4 is 14.9 Å². The molecule has 5 atom stereocenters. The van der Waals surface area contributed by atoms with Crippen LogP contribution in [0.2, 0.25) is 0 Å². The van der Waals surface area contributed by atoms with E-state index in [1.54, 1.807) is 0 Å². The van der Waals surface area contributed by atoms with Gasteiger partial charge in [-0.1, -0.05) is 0 Å². The van der Waals surface area contributed by atoms with Crippen molar-refractivity contribution >= 4 is 11.0 Å². The van der Waals surface area contributed by atoms with Gasteiger partial charge >= 0.3 is 0 Å². The zero-order valence-corrected chi connectivity index (χ0v) is 17.7. The van der Waals surface area contributed by atoms with Crippen LogP contribution in [0.1, 0.15) is 0 Å². The van der Waals surface area contributed by atoms with E-state index in [1.165, 1.54) is 19.2 Å². The fraction of sp³-hybridized carbons (Fsp3) is 0.318. The van der Waals surface area contributed by atoms with Gasteiger partial charge in [-0.25, -0.2) is 0 Å². The minimum Gasteiger partial charge on any atom is -0.508 e. The van der Waals surface area contributed by atoms with Crippen molar-refractivity contribution in [2.75, 3.05) is 13.7 Å². The summed E-state index contributed by atoms with van der Waals surface area (Å²) in [7, 11) is 1.19. The predicted molar refractivity (Wildman–Crippen MR) is 114 cm³/mol. The standard InChI is InChI=1S/C22H22O12/c1-31-21-17(28)15-12(32-20(21)10-3-2-8(24)4-11(10)26)5-9(25)6-13(15)33-22-19(30)18(29)16(27)14(7-23)34-22/h2-6,14,16,18-19,22-27,29-30H,7H2,1H3. The fourth-order valence-corrected chi connectivity index (χ4v) is 3.71. The van der Waals surface area contributed by atoms with Crippen molar-refractivity contribution in [1.82, 2.24) is 0 Å². The van der Waals surface area contributed by atoms with Crippen LogP contribution in [0.5, 0.6) is 28.7 Å². The van der Waals surface area contributed by atoms with E-state index >= 15 is 0 Å². The number of hydrogen-bond acceptors (Lipinski definition) is 12. The van der Waals surface area contributed by atoms with Gasteiger partial charge in [-0.15, -0.1) is 0 Å². The third-order valence-corrected chi connectivity index (χ3v) is 5.42. The van der Waals surface area contributed by atoms with Gasteiger partial charge in [0.1, 0.15) is 58.4 Å². The van der Waals surface area contributed by atoms with Crippen molar-refractivity contribution in [2.45, 2.75) is 30.7 Å². The summed E-state index contributed by atoms with van der Waals surface area (Å²) in [5.74, 6) is -1.87. The lowest BCUT2D eigenvalue weighted by molar-refractivity contribution is -0.277. The van der Waals surface area contributed by atoms with E-state index in [0.717, 1.165) is 18.2 Å². The van der Waals surface area contributed by atoms with E-state index < -0.39 is 54.2 Å². The number of aliphatic hydroxyl groups is 4. The van der Waals surface area contributed by atoms with E-state index in [-0.39, 0.29) is 39.5 Å². The number of fused-ring (bicyclic) bond motifs is 1. The second-order valence-electron chi connectivity index (χ2n) is 7.63.